The van der Waals surface area contributed by atoms with E-state index in [-0.39, 0.29) is 24.1 Å². The highest BCUT2D eigenvalue weighted by Gasteiger charge is 2.32. The van der Waals surface area contributed by atoms with Gasteiger partial charge in [-0.3, -0.25) is 4.79 Å². The van der Waals surface area contributed by atoms with E-state index in [4.69, 9.17) is 9.47 Å². The molecule has 3 rings (SSSR count). The summed E-state index contributed by atoms with van der Waals surface area (Å²) in [5.41, 5.74) is 1.21. The molecule has 25 heavy (non-hydrogen) atoms. The van der Waals surface area contributed by atoms with E-state index < -0.39 is 5.60 Å². The molecule has 1 N–H and O–H groups in total. The van der Waals surface area contributed by atoms with Gasteiger partial charge in [-0.05, 0) is 51.5 Å². The summed E-state index contributed by atoms with van der Waals surface area (Å²) < 4.78 is 11.6. The molecule has 2 heterocycles. The predicted molar refractivity (Wildman–Crippen MR) is 93.7 cm³/mol. The van der Waals surface area contributed by atoms with Crippen LogP contribution in [0.2, 0.25) is 0 Å². The van der Waals surface area contributed by atoms with Gasteiger partial charge in [0, 0.05) is 37.5 Å². The number of hydrogen-bond donors (Lipinski definition) is 1. The van der Waals surface area contributed by atoms with Gasteiger partial charge in [-0.1, -0.05) is 0 Å². The Morgan fingerprint density at radius 1 is 1.32 bits per heavy atom. The van der Waals surface area contributed by atoms with E-state index in [1.807, 2.05) is 45.9 Å². The molecule has 2 aliphatic rings. The smallest absolute Gasteiger partial charge is 0.410 e. The van der Waals surface area contributed by atoms with E-state index in [1.165, 1.54) is 0 Å². The van der Waals surface area contributed by atoms with Crippen LogP contribution in [0.5, 0.6) is 5.75 Å². The molecule has 2 aliphatic heterocycles. The number of carbonyl (C=O) groups excluding carboxylic acids is 2. The largest absolute Gasteiger partial charge is 0.490 e. The number of carbonyl (C=O) groups is 2. The Bertz CT molecular complexity index is 680. The second-order valence-corrected chi connectivity index (χ2v) is 7.79. The van der Waals surface area contributed by atoms with E-state index in [0.29, 0.717) is 13.1 Å². The lowest BCUT2D eigenvalue weighted by molar-refractivity contribution is -0.00103. The fourth-order valence-corrected chi connectivity index (χ4v) is 3.30. The second-order valence-electron chi connectivity index (χ2n) is 7.79. The number of piperidine rings is 1. The molecule has 0 radical (unpaired) electrons. The van der Waals surface area contributed by atoms with Gasteiger partial charge in [0.15, 0.2) is 0 Å². The first kappa shape index (κ1) is 17.6. The molecule has 1 saturated heterocycles. The topological polar surface area (TPSA) is 67.9 Å². The number of rotatable bonds is 2. The molecule has 1 aromatic carbocycles. The van der Waals surface area contributed by atoms with Crippen molar-refractivity contribution < 1.29 is 19.1 Å². The fraction of sp³-hybridized carbons (Fsp3) is 0.579. The van der Waals surface area contributed by atoms with Crippen molar-refractivity contribution in [3.05, 3.63) is 29.3 Å². The highest BCUT2D eigenvalue weighted by molar-refractivity contribution is 5.98. The van der Waals surface area contributed by atoms with Gasteiger partial charge in [-0.15, -0.1) is 0 Å². The molecule has 0 aliphatic carbocycles. The first-order valence-corrected chi connectivity index (χ1v) is 8.80. The van der Waals surface area contributed by atoms with E-state index in [1.54, 1.807) is 4.90 Å². The van der Waals surface area contributed by atoms with Crippen molar-refractivity contribution in [2.75, 3.05) is 6.54 Å². The normalized spacial score (nSPS) is 23.0. The summed E-state index contributed by atoms with van der Waals surface area (Å²) in [6, 6.07) is 5.64. The SMILES string of the molecule is C[C@H]1C[C@H](Oc2ccc3c(c2)CNC3=O)CCN1C(=O)OC(C)(C)C. The zero-order valence-corrected chi connectivity index (χ0v) is 15.3. The lowest BCUT2D eigenvalue weighted by atomic mass is 10.0. The number of hydrogen-bond acceptors (Lipinski definition) is 4. The third-order valence-corrected chi connectivity index (χ3v) is 4.52. The monoisotopic (exact) mass is 346 g/mol. The Hall–Kier alpha value is -2.24. The van der Waals surface area contributed by atoms with Crippen molar-refractivity contribution >= 4 is 12.0 Å². The van der Waals surface area contributed by atoms with Gasteiger partial charge in [0.05, 0.1) is 0 Å². The summed E-state index contributed by atoms with van der Waals surface area (Å²) in [7, 11) is 0. The zero-order valence-electron chi connectivity index (χ0n) is 15.3. The summed E-state index contributed by atoms with van der Waals surface area (Å²) in [4.78, 5) is 25.7. The maximum atomic E-state index is 12.3. The Kier molecular flexibility index (Phi) is 4.62. The molecule has 0 unspecified atom stereocenters. The van der Waals surface area contributed by atoms with Gasteiger partial charge in [0.25, 0.3) is 5.91 Å². The van der Waals surface area contributed by atoms with Crippen LogP contribution in [0.3, 0.4) is 0 Å². The molecule has 6 nitrogen and oxygen atoms in total. The molecule has 0 spiro atoms. The molecule has 1 aromatic rings. The molecule has 2 amide bonds. The van der Waals surface area contributed by atoms with Crippen molar-refractivity contribution in [3.63, 3.8) is 0 Å². The van der Waals surface area contributed by atoms with Crippen LogP contribution in [0.15, 0.2) is 18.2 Å². The third-order valence-electron chi connectivity index (χ3n) is 4.52. The molecular formula is C19H26N2O4. The standard InChI is InChI=1S/C19H26N2O4/c1-12-9-15(7-8-21(12)18(23)25-19(2,3)4)24-14-5-6-16-13(10-14)11-20-17(16)22/h5-6,10,12,15H,7-9,11H2,1-4H3,(H,20,22)/t12-,15+/m0/s1. The molecule has 136 valence electrons. The van der Waals surface area contributed by atoms with Gasteiger partial charge in [-0.2, -0.15) is 0 Å². The number of benzene rings is 1. The molecule has 2 atom stereocenters. The molecule has 0 bridgehead atoms. The van der Waals surface area contributed by atoms with Gasteiger partial charge < -0.3 is 19.7 Å². The maximum Gasteiger partial charge on any atom is 0.410 e. The highest BCUT2D eigenvalue weighted by atomic mass is 16.6. The number of ether oxygens (including phenoxy) is 2. The van der Waals surface area contributed by atoms with Crippen molar-refractivity contribution in [1.29, 1.82) is 0 Å². The first-order valence-electron chi connectivity index (χ1n) is 8.80. The van der Waals surface area contributed by atoms with Crippen molar-refractivity contribution in [2.45, 2.75) is 64.8 Å². The van der Waals surface area contributed by atoms with E-state index in [9.17, 15) is 9.59 Å². The van der Waals surface area contributed by atoms with Crippen LogP contribution in [-0.4, -0.2) is 41.2 Å². The lowest BCUT2D eigenvalue weighted by Gasteiger charge is -2.38. The minimum atomic E-state index is -0.486. The first-order chi connectivity index (χ1) is 11.7. The summed E-state index contributed by atoms with van der Waals surface area (Å²) in [6.07, 6.45) is 1.31. The van der Waals surface area contributed by atoms with Crippen LogP contribution in [0.1, 0.15) is 56.5 Å². The van der Waals surface area contributed by atoms with Crippen LogP contribution < -0.4 is 10.1 Å². The second kappa shape index (κ2) is 6.58. The molecule has 6 heteroatoms. The summed E-state index contributed by atoms with van der Waals surface area (Å²) in [5, 5.41) is 2.81. The maximum absolute atomic E-state index is 12.3. The van der Waals surface area contributed by atoms with E-state index >= 15 is 0 Å². The number of nitrogens with one attached hydrogen (secondary N) is 1. The minimum Gasteiger partial charge on any atom is -0.490 e. The highest BCUT2D eigenvalue weighted by Crippen LogP contribution is 2.27. The average molecular weight is 346 g/mol. The van der Waals surface area contributed by atoms with E-state index in [2.05, 4.69) is 5.32 Å². The Morgan fingerprint density at radius 2 is 2.08 bits per heavy atom. The number of fused-ring (bicyclic) bond motifs is 1. The van der Waals surface area contributed by atoms with Crippen molar-refractivity contribution in [1.82, 2.24) is 10.2 Å². The van der Waals surface area contributed by atoms with Crippen LogP contribution in [0.4, 0.5) is 4.79 Å². The Morgan fingerprint density at radius 3 is 2.76 bits per heavy atom. The molecule has 0 saturated carbocycles. The van der Waals surface area contributed by atoms with E-state index in [0.717, 1.165) is 29.7 Å². The molecule has 1 fully saturated rings. The quantitative estimate of drug-likeness (QED) is 0.893. The van der Waals surface area contributed by atoms with Crippen molar-refractivity contribution in [3.8, 4) is 5.75 Å². The number of nitrogens with zero attached hydrogens (tertiary/aromatic N) is 1. The van der Waals surface area contributed by atoms with Gasteiger partial charge in [0.1, 0.15) is 17.5 Å². The van der Waals surface area contributed by atoms with Gasteiger partial charge in [0.2, 0.25) is 0 Å². The van der Waals surface area contributed by atoms with Crippen LogP contribution >= 0.6 is 0 Å². The predicted octanol–water partition coefficient (Wildman–Crippen LogP) is 3.10. The van der Waals surface area contributed by atoms with Crippen LogP contribution in [0.25, 0.3) is 0 Å². The Balaban J connectivity index is 1.58. The number of likely N-dealkylation sites (tertiary alicyclic amines) is 1. The third kappa shape index (κ3) is 4.06. The molecular weight excluding hydrogens is 320 g/mol. The fourth-order valence-electron chi connectivity index (χ4n) is 3.30. The number of amides is 2. The minimum absolute atomic E-state index is 0.0270. The Labute approximate surface area is 148 Å². The summed E-state index contributed by atoms with van der Waals surface area (Å²) in [5.74, 6) is 0.749. The molecule has 0 aromatic heterocycles. The van der Waals surface area contributed by atoms with Gasteiger partial charge >= 0.3 is 6.09 Å². The lowest BCUT2D eigenvalue weighted by Crippen LogP contribution is -2.49. The summed E-state index contributed by atoms with van der Waals surface area (Å²) >= 11 is 0. The van der Waals surface area contributed by atoms with Crippen LogP contribution in [-0.2, 0) is 11.3 Å². The summed E-state index contributed by atoms with van der Waals surface area (Å²) in [6.45, 7) is 8.81. The van der Waals surface area contributed by atoms with Gasteiger partial charge in [-0.25, -0.2) is 4.79 Å². The average Bonchev–Trinajstić information content (AvgIpc) is 2.86. The van der Waals surface area contributed by atoms with Crippen molar-refractivity contribution in [2.24, 2.45) is 0 Å². The van der Waals surface area contributed by atoms with Crippen LogP contribution in [0, 0.1) is 0 Å². The zero-order chi connectivity index (χ0) is 18.2.